The first-order valence-electron chi connectivity index (χ1n) is 36.8. The Morgan fingerprint density at radius 2 is 0.407 bits per heavy atom. The fourth-order valence-electron chi connectivity index (χ4n) is 11.4. The molecule has 1 atom stereocenters. The molecule has 0 fully saturated rings. The van der Waals surface area contributed by atoms with Gasteiger partial charge < -0.3 is 14.2 Å². The molecule has 81 heavy (non-hydrogen) atoms. The van der Waals surface area contributed by atoms with Crippen LogP contribution in [0, 0.1) is 0 Å². The highest BCUT2D eigenvalue weighted by molar-refractivity contribution is 5.71. The number of carbonyl (C=O) groups is 3. The van der Waals surface area contributed by atoms with Crippen LogP contribution in [-0.2, 0) is 28.6 Å². The number of ether oxygens (including phenoxy) is 3. The van der Waals surface area contributed by atoms with Crippen molar-refractivity contribution in [3.63, 3.8) is 0 Å². The molecule has 0 rings (SSSR count). The first-order valence-corrected chi connectivity index (χ1v) is 36.8. The number of esters is 3. The van der Waals surface area contributed by atoms with Gasteiger partial charge in [-0.15, -0.1) is 0 Å². The summed E-state index contributed by atoms with van der Waals surface area (Å²) in [5.74, 6) is -0.833. The second kappa shape index (κ2) is 70.4. The van der Waals surface area contributed by atoms with Gasteiger partial charge in [-0.3, -0.25) is 14.4 Å². The van der Waals surface area contributed by atoms with E-state index in [1.165, 1.54) is 321 Å². The highest BCUT2D eigenvalue weighted by atomic mass is 16.6. The van der Waals surface area contributed by atoms with E-state index in [0.29, 0.717) is 19.3 Å². The standard InChI is InChI=1S/C75H142O6/c1-4-7-10-13-16-19-22-25-28-31-33-35-36-37-38-40-41-44-47-50-53-56-59-62-65-68-74(77)80-71-72(70-79-73(76)67-64-61-58-55-52-49-46-43-30-27-24-21-18-15-12-9-6-3)81-75(78)69-66-63-60-57-54-51-48-45-42-39-34-32-29-26-23-20-17-14-11-8-5-2/h31-34,72H,4-30,35-71H2,1-3H3/b33-31-,34-32-. The zero-order valence-corrected chi connectivity index (χ0v) is 55.1. The molecule has 478 valence electrons. The van der Waals surface area contributed by atoms with Gasteiger partial charge in [-0.1, -0.05) is 353 Å². The van der Waals surface area contributed by atoms with Crippen LogP contribution in [0.25, 0.3) is 0 Å². The third kappa shape index (κ3) is 68.6. The predicted molar refractivity (Wildman–Crippen MR) is 353 cm³/mol. The molecule has 0 saturated carbocycles. The molecule has 0 amide bonds. The van der Waals surface area contributed by atoms with Crippen LogP contribution < -0.4 is 0 Å². The van der Waals surface area contributed by atoms with Crippen LogP contribution in [0.15, 0.2) is 24.3 Å². The average Bonchev–Trinajstić information content (AvgIpc) is 3.47. The third-order valence-corrected chi connectivity index (χ3v) is 16.9. The molecule has 0 aliphatic rings. The van der Waals surface area contributed by atoms with Gasteiger partial charge in [-0.2, -0.15) is 0 Å². The van der Waals surface area contributed by atoms with Crippen molar-refractivity contribution < 1.29 is 28.6 Å². The minimum Gasteiger partial charge on any atom is -0.462 e. The quantitative estimate of drug-likeness (QED) is 0.0261. The minimum atomic E-state index is -0.771. The van der Waals surface area contributed by atoms with Crippen LogP contribution in [0.3, 0.4) is 0 Å². The molecular weight excluding hydrogens is 997 g/mol. The van der Waals surface area contributed by atoms with Gasteiger partial charge in [0.2, 0.25) is 0 Å². The first kappa shape index (κ1) is 78.9. The topological polar surface area (TPSA) is 78.9 Å². The van der Waals surface area contributed by atoms with Crippen molar-refractivity contribution >= 4 is 17.9 Å². The van der Waals surface area contributed by atoms with Crippen molar-refractivity contribution in [1.29, 1.82) is 0 Å². The minimum absolute atomic E-state index is 0.0657. The van der Waals surface area contributed by atoms with Crippen LogP contribution in [-0.4, -0.2) is 37.2 Å². The summed E-state index contributed by atoms with van der Waals surface area (Å²) < 4.78 is 17.0. The summed E-state index contributed by atoms with van der Waals surface area (Å²) in [5, 5.41) is 0. The van der Waals surface area contributed by atoms with Gasteiger partial charge in [0.1, 0.15) is 13.2 Å². The Hall–Kier alpha value is -2.11. The Morgan fingerprint density at radius 1 is 0.235 bits per heavy atom. The summed E-state index contributed by atoms with van der Waals surface area (Å²) >= 11 is 0. The fourth-order valence-corrected chi connectivity index (χ4v) is 11.4. The van der Waals surface area contributed by atoms with Gasteiger partial charge in [-0.05, 0) is 70.6 Å². The number of allylic oxidation sites excluding steroid dienone is 4. The molecule has 0 aliphatic carbocycles. The van der Waals surface area contributed by atoms with Crippen molar-refractivity contribution in [2.45, 2.75) is 425 Å². The normalized spacial score (nSPS) is 12.1. The van der Waals surface area contributed by atoms with E-state index in [1.807, 2.05) is 0 Å². The molecular formula is C75H142O6. The predicted octanol–water partition coefficient (Wildman–Crippen LogP) is 25.3. The maximum Gasteiger partial charge on any atom is 0.306 e. The highest BCUT2D eigenvalue weighted by Crippen LogP contribution is 2.19. The highest BCUT2D eigenvalue weighted by Gasteiger charge is 2.20. The van der Waals surface area contributed by atoms with E-state index < -0.39 is 6.10 Å². The molecule has 0 aromatic heterocycles. The largest absolute Gasteiger partial charge is 0.462 e. The molecule has 0 aromatic carbocycles. The molecule has 0 spiro atoms. The van der Waals surface area contributed by atoms with Gasteiger partial charge in [-0.25, -0.2) is 0 Å². The van der Waals surface area contributed by atoms with Crippen molar-refractivity contribution in [3.05, 3.63) is 24.3 Å². The molecule has 0 heterocycles. The molecule has 0 bridgehead atoms. The summed E-state index contributed by atoms with van der Waals surface area (Å²) in [7, 11) is 0. The second-order valence-electron chi connectivity index (χ2n) is 25.2. The second-order valence-corrected chi connectivity index (χ2v) is 25.2. The maximum atomic E-state index is 13.0. The van der Waals surface area contributed by atoms with E-state index in [1.54, 1.807) is 0 Å². The van der Waals surface area contributed by atoms with Crippen LogP contribution >= 0.6 is 0 Å². The molecule has 0 saturated heterocycles. The lowest BCUT2D eigenvalue weighted by Crippen LogP contribution is -2.30. The van der Waals surface area contributed by atoms with E-state index >= 15 is 0 Å². The smallest absolute Gasteiger partial charge is 0.306 e. The van der Waals surface area contributed by atoms with Crippen molar-refractivity contribution in [3.8, 4) is 0 Å². The summed E-state index contributed by atoms with van der Waals surface area (Å²) in [6.07, 6.45) is 86.4. The van der Waals surface area contributed by atoms with Crippen molar-refractivity contribution in [2.75, 3.05) is 13.2 Å². The van der Waals surface area contributed by atoms with Gasteiger partial charge in [0.25, 0.3) is 0 Å². The number of hydrogen-bond acceptors (Lipinski definition) is 6. The molecule has 0 N–H and O–H groups in total. The van der Waals surface area contributed by atoms with Crippen LogP contribution in [0.1, 0.15) is 419 Å². The molecule has 0 radical (unpaired) electrons. The SMILES string of the molecule is CCCCCCCCCC/C=C\CCCCCCCCCCCCCCCC(=O)OCC(COC(=O)CCCCCCCCCCCCCCCCCCC)OC(=O)CCCCCCCCCCC/C=C\CCCCCCCCCC. The lowest BCUT2D eigenvalue weighted by atomic mass is 10.0. The van der Waals surface area contributed by atoms with Gasteiger partial charge >= 0.3 is 17.9 Å². The van der Waals surface area contributed by atoms with Gasteiger partial charge in [0.05, 0.1) is 0 Å². The summed E-state index contributed by atoms with van der Waals surface area (Å²) in [6.45, 7) is 6.73. The molecule has 6 nitrogen and oxygen atoms in total. The fraction of sp³-hybridized carbons (Fsp3) is 0.907. The monoisotopic (exact) mass is 1140 g/mol. The average molecular weight is 1140 g/mol. The van der Waals surface area contributed by atoms with E-state index in [4.69, 9.17) is 14.2 Å². The van der Waals surface area contributed by atoms with Crippen LogP contribution in [0.5, 0.6) is 0 Å². The lowest BCUT2D eigenvalue weighted by Gasteiger charge is -2.18. The number of rotatable bonds is 69. The zero-order valence-electron chi connectivity index (χ0n) is 55.1. The van der Waals surface area contributed by atoms with E-state index in [0.717, 1.165) is 57.8 Å². The van der Waals surface area contributed by atoms with Gasteiger partial charge in [0, 0.05) is 19.3 Å². The maximum absolute atomic E-state index is 13.0. The summed E-state index contributed by atoms with van der Waals surface area (Å²) in [6, 6.07) is 0. The Kier molecular flexibility index (Phi) is 68.5. The molecule has 0 aromatic rings. The molecule has 1 unspecified atom stereocenters. The summed E-state index contributed by atoms with van der Waals surface area (Å²) in [4.78, 5) is 38.5. The Balaban J connectivity index is 4.27. The van der Waals surface area contributed by atoms with Crippen molar-refractivity contribution in [2.24, 2.45) is 0 Å². The Labute approximate surface area is 506 Å². The molecule has 6 heteroatoms. The lowest BCUT2D eigenvalue weighted by molar-refractivity contribution is -0.167. The zero-order chi connectivity index (χ0) is 58.5. The first-order chi connectivity index (χ1) is 40.0. The summed E-state index contributed by atoms with van der Waals surface area (Å²) in [5.41, 5.74) is 0. The number of unbranched alkanes of at least 4 members (excludes halogenated alkanes) is 54. The molecule has 0 aliphatic heterocycles. The van der Waals surface area contributed by atoms with Crippen LogP contribution in [0.2, 0.25) is 0 Å². The van der Waals surface area contributed by atoms with Gasteiger partial charge in [0.15, 0.2) is 6.10 Å². The van der Waals surface area contributed by atoms with E-state index in [2.05, 4.69) is 45.1 Å². The number of carbonyl (C=O) groups excluding carboxylic acids is 3. The van der Waals surface area contributed by atoms with E-state index in [9.17, 15) is 14.4 Å². The Bertz CT molecular complexity index is 1310. The number of hydrogen-bond donors (Lipinski definition) is 0. The third-order valence-electron chi connectivity index (χ3n) is 16.9. The van der Waals surface area contributed by atoms with Crippen LogP contribution in [0.4, 0.5) is 0 Å². The van der Waals surface area contributed by atoms with E-state index in [-0.39, 0.29) is 31.1 Å². The van der Waals surface area contributed by atoms with Crippen molar-refractivity contribution in [1.82, 2.24) is 0 Å². The Morgan fingerprint density at radius 3 is 0.617 bits per heavy atom.